The summed E-state index contributed by atoms with van der Waals surface area (Å²) < 4.78 is 15.4. The SMILES string of the molecule is [2H]CN1CCC[C@H]1C(=O)N1CCc2c(nc(C(=O)Nc3cccc(-c4ccnc(-c5ccc(CNC6CCN(C(C)=O)CC6)c(OC)c5)c4Cl)c3Cl)n2C)C1. The standard InChI is InChI=1S/C40H46Cl2N8O4/c1-24(51)49-18-13-27(14-19-49)44-22-26-11-10-25(21-34(26)54-4)37-36(42)29(12-16-43-37)28-7-5-8-30(35(28)41)46-39(52)38-45-31-23-50(20-15-32(31)48(38)3)40(53)33-9-6-17-47(33)2/h5,7-8,10-12,16,21,27,33,44H,6,9,13-15,17-20,22-23H2,1-4H3,(H,46,52)/t33-/m0/s1/i2D. The molecular weight excluding hydrogens is 727 g/mol. The van der Waals surface area contributed by atoms with Gasteiger partial charge in [-0.3, -0.25) is 24.3 Å². The Labute approximate surface area is 327 Å². The van der Waals surface area contributed by atoms with Gasteiger partial charge in [-0.15, -0.1) is 0 Å². The molecule has 0 radical (unpaired) electrons. The first-order valence-electron chi connectivity index (χ1n) is 19.1. The first-order chi connectivity index (χ1) is 26.6. The van der Waals surface area contributed by atoms with E-state index in [0.29, 0.717) is 76.1 Å². The normalized spacial score (nSPS) is 18.0. The summed E-state index contributed by atoms with van der Waals surface area (Å²) in [6.45, 7) is 5.37. The lowest BCUT2D eigenvalue weighted by molar-refractivity contribution is -0.136. The van der Waals surface area contributed by atoms with Crippen LogP contribution in [0.25, 0.3) is 22.4 Å². The van der Waals surface area contributed by atoms with Crippen LogP contribution in [0.3, 0.4) is 0 Å². The number of ether oxygens (including phenoxy) is 1. The summed E-state index contributed by atoms with van der Waals surface area (Å²) >= 11 is 14.1. The van der Waals surface area contributed by atoms with Crippen molar-refractivity contribution in [1.29, 1.82) is 0 Å². The lowest BCUT2D eigenvalue weighted by Crippen LogP contribution is -2.46. The number of anilines is 1. The minimum absolute atomic E-state index is 0.0249. The van der Waals surface area contributed by atoms with Crippen molar-refractivity contribution >= 4 is 46.6 Å². The summed E-state index contributed by atoms with van der Waals surface area (Å²) in [5.41, 5.74) is 5.63. The highest BCUT2D eigenvalue weighted by molar-refractivity contribution is 6.39. The Morgan fingerprint density at radius 3 is 2.56 bits per heavy atom. The van der Waals surface area contributed by atoms with E-state index in [9.17, 15) is 14.4 Å². The third-order valence-electron chi connectivity index (χ3n) is 10.9. The quantitative estimate of drug-likeness (QED) is 0.219. The van der Waals surface area contributed by atoms with E-state index in [-0.39, 0.29) is 30.7 Å². The smallest absolute Gasteiger partial charge is 0.291 e. The Kier molecular flexibility index (Phi) is 10.9. The van der Waals surface area contributed by atoms with E-state index in [1.807, 2.05) is 41.1 Å². The minimum atomic E-state index is -0.422. The predicted octanol–water partition coefficient (Wildman–Crippen LogP) is 5.80. The number of nitrogens with zero attached hydrogens (tertiary/aromatic N) is 6. The van der Waals surface area contributed by atoms with E-state index in [1.165, 1.54) is 0 Å². The monoisotopic (exact) mass is 773 g/mol. The number of halogens is 2. The Morgan fingerprint density at radius 2 is 1.80 bits per heavy atom. The molecule has 4 aromatic rings. The molecule has 2 aromatic carbocycles. The van der Waals surface area contributed by atoms with Crippen molar-refractivity contribution in [3.05, 3.63) is 81.5 Å². The molecule has 0 unspecified atom stereocenters. The number of fused-ring (bicyclic) bond motifs is 1. The van der Waals surface area contributed by atoms with Gasteiger partial charge in [-0.05, 0) is 57.5 Å². The van der Waals surface area contributed by atoms with Crippen molar-refractivity contribution in [2.45, 2.75) is 64.2 Å². The number of nitrogens with one attached hydrogen (secondary N) is 2. The van der Waals surface area contributed by atoms with Crippen LogP contribution >= 0.6 is 23.2 Å². The second-order valence-electron chi connectivity index (χ2n) is 14.2. The maximum absolute atomic E-state index is 13.7. The molecule has 284 valence electrons. The van der Waals surface area contributed by atoms with Crippen molar-refractivity contribution in [1.82, 2.24) is 34.6 Å². The molecule has 1 atom stereocenters. The van der Waals surface area contributed by atoms with Crippen LogP contribution in [-0.2, 0) is 36.1 Å². The summed E-state index contributed by atoms with van der Waals surface area (Å²) in [6, 6.07) is 13.1. The third-order valence-corrected chi connectivity index (χ3v) is 11.7. The molecule has 0 aliphatic carbocycles. The Morgan fingerprint density at radius 1 is 1.00 bits per heavy atom. The molecule has 12 nitrogen and oxygen atoms in total. The number of likely N-dealkylation sites (N-methyl/N-ethyl adjacent to an activating group) is 1. The Balaban J connectivity index is 1.05. The van der Waals surface area contributed by atoms with Gasteiger partial charge in [-0.25, -0.2) is 4.98 Å². The average molecular weight is 775 g/mol. The number of rotatable bonds is 9. The van der Waals surface area contributed by atoms with Gasteiger partial charge in [-0.2, -0.15) is 0 Å². The second kappa shape index (κ2) is 16.1. The number of methoxy groups -OCH3 is 1. The van der Waals surface area contributed by atoms with E-state index >= 15 is 0 Å². The summed E-state index contributed by atoms with van der Waals surface area (Å²) in [4.78, 5) is 53.6. The number of pyridine rings is 1. The third kappa shape index (κ3) is 7.57. The summed E-state index contributed by atoms with van der Waals surface area (Å²) in [5.74, 6) is 0.655. The van der Waals surface area contributed by atoms with Crippen molar-refractivity contribution < 1.29 is 20.5 Å². The molecule has 14 heteroatoms. The van der Waals surface area contributed by atoms with Gasteiger partial charge in [0.1, 0.15) is 5.75 Å². The molecule has 2 fully saturated rings. The molecule has 54 heavy (non-hydrogen) atoms. The average Bonchev–Trinajstić information content (AvgIpc) is 3.82. The summed E-state index contributed by atoms with van der Waals surface area (Å²) in [5, 5.41) is 7.27. The van der Waals surface area contributed by atoms with Crippen LogP contribution < -0.4 is 15.4 Å². The Bertz CT molecular complexity index is 2100. The highest BCUT2D eigenvalue weighted by Gasteiger charge is 2.35. The lowest BCUT2D eigenvalue weighted by Gasteiger charge is -2.32. The van der Waals surface area contributed by atoms with Crippen LogP contribution in [0, 0.1) is 0 Å². The molecule has 0 bridgehead atoms. The highest BCUT2D eigenvalue weighted by atomic mass is 35.5. The molecule has 5 heterocycles. The van der Waals surface area contributed by atoms with Gasteiger partial charge in [-0.1, -0.05) is 47.5 Å². The zero-order valence-corrected chi connectivity index (χ0v) is 32.3. The molecule has 0 saturated carbocycles. The minimum Gasteiger partial charge on any atom is -0.496 e. The molecule has 3 amide bonds. The number of hydrogen-bond donors (Lipinski definition) is 2. The number of piperidine rings is 1. The summed E-state index contributed by atoms with van der Waals surface area (Å²) in [6.07, 6.45) is 5.74. The van der Waals surface area contributed by atoms with Gasteiger partial charge >= 0.3 is 0 Å². The van der Waals surface area contributed by atoms with Crippen molar-refractivity contribution in [3.8, 4) is 28.1 Å². The van der Waals surface area contributed by atoms with Crippen LogP contribution in [0.5, 0.6) is 5.75 Å². The molecule has 3 aliphatic heterocycles. The maximum Gasteiger partial charge on any atom is 0.291 e. The van der Waals surface area contributed by atoms with Gasteiger partial charge in [0.05, 0.1) is 46.8 Å². The molecule has 2 N–H and O–H groups in total. The van der Waals surface area contributed by atoms with Gasteiger partial charge < -0.3 is 29.7 Å². The van der Waals surface area contributed by atoms with E-state index in [2.05, 4.69) is 20.6 Å². The zero-order valence-electron chi connectivity index (χ0n) is 31.8. The van der Waals surface area contributed by atoms with Gasteiger partial charge in [0.25, 0.3) is 5.91 Å². The van der Waals surface area contributed by atoms with Gasteiger partial charge in [0.2, 0.25) is 11.8 Å². The van der Waals surface area contributed by atoms with Crippen LogP contribution in [0.1, 0.15) is 61.5 Å². The molecule has 2 saturated heterocycles. The number of benzene rings is 2. The van der Waals surface area contributed by atoms with Crippen LogP contribution in [-0.4, -0.2) is 99.4 Å². The molecule has 2 aromatic heterocycles. The Hall–Kier alpha value is -4.49. The number of hydrogen-bond acceptors (Lipinski definition) is 8. The van der Waals surface area contributed by atoms with E-state index in [0.717, 1.165) is 62.1 Å². The van der Waals surface area contributed by atoms with E-state index in [4.69, 9.17) is 29.3 Å². The number of likely N-dealkylation sites (tertiary alicyclic amines) is 2. The largest absolute Gasteiger partial charge is 0.496 e. The second-order valence-corrected chi connectivity index (χ2v) is 15.0. The molecular formula is C40H46Cl2N8O4. The summed E-state index contributed by atoms with van der Waals surface area (Å²) in [7, 11) is 3.56. The van der Waals surface area contributed by atoms with Gasteiger partial charge in [0.15, 0.2) is 5.82 Å². The van der Waals surface area contributed by atoms with Crippen LogP contribution in [0.2, 0.25) is 10.0 Å². The lowest BCUT2D eigenvalue weighted by atomic mass is 10.0. The first-order valence-corrected chi connectivity index (χ1v) is 19.1. The number of aromatic nitrogens is 3. The van der Waals surface area contributed by atoms with Crippen LogP contribution in [0.4, 0.5) is 5.69 Å². The fraction of sp³-hybridized carbons (Fsp3) is 0.425. The van der Waals surface area contributed by atoms with Gasteiger partial charge in [0, 0.05) is 88.1 Å². The van der Waals surface area contributed by atoms with E-state index in [1.54, 1.807) is 47.9 Å². The number of amides is 3. The molecule has 3 aliphatic rings. The first kappa shape index (κ1) is 36.5. The zero-order chi connectivity index (χ0) is 38.8. The predicted molar refractivity (Wildman–Crippen MR) is 210 cm³/mol. The number of imidazole rings is 1. The van der Waals surface area contributed by atoms with E-state index < -0.39 is 5.91 Å². The van der Waals surface area contributed by atoms with Crippen molar-refractivity contribution in [2.75, 3.05) is 45.6 Å². The number of carbonyl (C=O) groups excluding carboxylic acids is 3. The topological polar surface area (TPSA) is 125 Å². The number of carbonyl (C=O) groups is 3. The fourth-order valence-electron chi connectivity index (χ4n) is 7.79. The highest BCUT2D eigenvalue weighted by Crippen LogP contribution is 2.41. The molecule has 0 spiro atoms. The van der Waals surface area contributed by atoms with Crippen molar-refractivity contribution in [2.24, 2.45) is 7.05 Å². The fourth-order valence-corrected chi connectivity index (χ4v) is 8.39. The van der Waals surface area contributed by atoms with Crippen molar-refractivity contribution in [3.63, 3.8) is 0 Å². The molecule has 7 rings (SSSR count). The maximum atomic E-state index is 13.7. The van der Waals surface area contributed by atoms with Crippen LogP contribution in [0.15, 0.2) is 48.7 Å².